The third-order valence-electron chi connectivity index (χ3n) is 2.27. The normalized spacial score (nSPS) is 12.4. The zero-order valence-corrected chi connectivity index (χ0v) is 10.1. The van der Waals surface area contributed by atoms with Crippen molar-refractivity contribution in [2.75, 3.05) is 0 Å². The first-order valence-electron chi connectivity index (χ1n) is 6.17. The predicted octanol–water partition coefficient (Wildman–Crippen LogP) is 5.24. The molecule has 0 N–H and O–H groups in total. The Bertz CT molecular complexity index is 184. The summed E-state index contributed by atoms with van der Waals surface area (Å²) in [5.74, 6) is 0. The lowest BCUT2D eigenvalue weighted by molar-refractivity contribution is 0.727. The lowest BCUT2D eigenvalue weighted by atomic mass is 10.1. The van der Waals surface area contributed by atoms with E-state index >= 15 is 0 Å². The molecule has 0 saturated heterocycles. The standard InChI is InChI=1S/C15H25/c1-3-5-7-9-11-13-15-14-12-10-8-6-4-2/h3,5,7,9,12,14H,1,4,6,8,10-11,13,15H2,2H3. The van der Waals surface area contributed by atoms with Crippen LogP contribution in [0.4, 0.5) is 0 Å². The van der Waals surface area contributed by atoms with Crippen molar-refractivity contribution in [3.05, 3.63) is 43.4 Å². The van der Waals surface area contributed by atoms with Crippen molar-refractivity contribution in [2.45, 2.75) is 51.9 Å². The highest BCUT2D eigenvalue weighted by Crippen LogP contribution is 2.02. The fourth-order valence-electron chi connectivity index (χ4n) is 1.35. The van der Waals surface area contributed by atoms with Gasteiger partial charge in [-0.1, -0.05) is 56.2 Å². The van der Waals surface area contributed by atoms with Gasteiger partial charge in [0.1, 0.15) is 0 Å². The van der Waals surface area contributed by atoms with Gasteiger partial charge >= 0.3 is 0 Å². The van der Waals surface area contributed by atoms with Crippen LogP contribution in [0.25, 0.3) is 0 Å². The van der Waals surface area contributed by atoms with Crippen molar-refractivity contribution in [3.8, 4) is 0 Å². The van der Waals surface area contributed by atoms with Crippen molar-refractivity contribution in [3.63, 3.8) is 0 Å². The summed E-state index contributed by atoms with van der Waals surface area (Å²) in [6.07, 6.45) is 21.6. The monoisotopic (exact) mass is 205 g/mol. The van der Waals surface area contributed by atoms with Crippen molar-refractivity contribution >= 4 is 0 Å². The average molecular weight is 205 g/mol. The van der Waals surface area contributed by atoms with Gasteiger partial charge in [-0.05, 0) is 39.0 Å². The molecule has 0 saturated carbocycles. The molecule has 1 radical (unpaired) electrons. The molecule has 0 aliphatic heterocycles. The second-order valence-electron chi connectivity index (χ2n) is 3.75. The Morgan fingerprint density at radius 2 is 1.47 bits per heavy atom. The van der Waals surface area contributed by atoms with E-state index in [1.807, 2.05) is 12.2 Å². The SMILES string of the molecule is [CH2]C=CC=CCCCC=CCCCCC. The molecule has 15 heavy (non-hydrogen) atoms. The van der Waals surface area contributed by atoms with E-state index < -0.39 is 0 Å². The molecule has 0 unspecified atom stereocenters. The summed E-state index contributed by atoms with van der Waals surface area (Å²) < 4.78 is 0. The molecule has 0 aromatic carbocycles. The Hall–Kier alpha value is -0.780. The number of hydrogen-bond acceptors (Lipinski definition) is 0. The Balaban J connectivity index is 3.16. The topological polar surface area (TPSA) is 0 Å². The first kappa shape index (κ1) is 14.2. The van der Waals surface area contributed by atoms with E-state index in [0.717, 1.165) is 0 Å². The van der Waals surface area contributed by atoms with Gasteiger partial charge in [0.05, 0.1) is 0 Å². The van der Waals surface area contributed by atoms with Crippen LogP contribution in [0.15, 0.2) is 36.5 Å². The fraction of sp³-hybridized carbons (Fsp3) is 0.533. The highest BCUT2D eigenvalue weighted by atomic mass is 13.9. The van der Waals surface area contributed by atoms with Gasteiger partial charge in [0.25, 0.3) is 0 Å². The van der Waals surface area contributed by atoms with Crippen LogP contribution in [0, 0.1) is 6.92 Å². The molecular formula is C15H25. The maximum Gasteiger partial charge on any atom is -0.0313 e. The summed E-state index contributed by atoms with van der Waals surface area (Å²) in [5, 5.41) is 0. The summed E-state index contributed by atoms with van der Waals surface area (Å²) in [5.41, 5.74) is 0. The van der Waals surface area contributed by atoms with Crippen LogP contribution >= 0.6 is 0 Å². The average Bonchev–Trinajstić information content (AvgIpc) is 2.26. The molecule has 85 valence electrons. The van der Waals surface area contributed by atoms with Gasteiger partial charge in [-0.25, -0.2) is 0 Å². The van der Waals surface area contributed by atoms with Crippen LogP contribution < -0.4 is 0 Å². The van der Waals surface area contributed by atoms with Crippen molar-refractivity contribution in [1.82, 2.24) is 0 Å². The molecule has 0 aliphatic carbocycles. The Labute approximate surface area is 95.8 Å². The summed E-state index contributed by atoms with van der Waals surface area (Å²) in [6.45, 7) is 5.87. The molecule has 0 heterocycles. The van der Waals surface area contributed by atoms with Crippen LogP contribution in [0.2, 0.25) is 0 Å². The van der Waals surface area contributed by atoms with E-state index in [2.05, 4.69) is 38.2 Å². The van der Waals surface area contributed by atoms with Crippen LogP contribution in [-0.2, 0) is 0 Å². The zero-order valence-electron chi connectivity index (χ0n) is 10.1. The maximum absolute atomic E-state index is 3.63. The minimum absolute atomic E-state index is 1.17. The zero-order chi connectivity index (χ0) is 11.2. The second-order valence-corrected chi connectivity index (χ2v) is 3.75. The summed E-state index contributed by atoms with van der Waals surface area (Å²) in [4.78, 5) is 0. The van der Waals surface area contributed by atoms with E-state index in [1.54, 1.807) is 0 Å². The predicted molar refractivity (Wildman–Crippen MR) is 70.8 cm³/mol. The van der Waals surface area contributed by atoms with E-state index in [-0.39, 0.29) is 0 Å². The molecule has 0 heteroatoms. The number of unbranched alkanes of at least 4 members (excludes halogenated alkanes) is 5. The first-order chi connectivity index (χ1) is 7.41. The van der Waals surface area contributed by atoms with Gasteiger partial charge in [-0.3, -0.25) is 0 Å². The maximum atomic E-state index is 3.63. The van der Waals surface area contributed by atoms with Crippen LogP contribution in [0.5, 0.6) is 0 Å². The quantitative estimate of drug-likeness (QED) is 0.274. The smallest absolute Gasteiger partial charge is 0.0313 e. The lowest BCUT2D eigenvalue weighted by Gasteiger charge is -1.92. The van der Waals surface area contributed by atoms with Gasteiger partial charge in [0.2, 0.25) is 0 Å². The molecule has 0 fully saturated rings. The van der Waals surface area contributed by atoms with Gasteiger partial charge in [0.15, 0.2) is 0 Å². The van der Waals surface area contributed by atoms with Crippen LogP contribution in [0.3, 0.4) is 0 Å². The molecule has 0 atom stereocenters. The van der Waals surface area contributed by atoms with Gasteiger partial charge in [-0.2, -0.15) is 0 Å². The van der Waals surface area contributed by atoms with E-state index in [4.69, 9.17) is 0 Å². The molecule has 0 bridgehead atoms. The lowest BCUT2D eigenvalue weighted by Crippen LogP contribution is -1.72. The first-order valence-corrected chi connectivity index (χ1v) is 6.17. The largest absolute Gasteiger partial charge is 0.0885 e. The summed E-state index contributed by atoms with van der Waals surface area (Å²) in [7, 11) is 0. The summed E-state index contributed by atoms with van der Waals surface area (Å²) >= 11 is 0. The van der Waals surface area contributed by atoms with E-state index in [9.17, 15) is 0 Å². The number of allylic oxidation sites excluding steroid dienone is 6. The van der Waals surface area contributed by atoms with Crippen molar-refractivity contribution in [1.29, 1.82) is 0 Å². The fourth-order valence-corrected chi connectivity index (χ4v) is 1.35. The van der Waals surface area contributed by atoms with E-state index in [0.29, 0.717) is 0 Å². The number of rotatable bonds is 9. The molecule has 0 aromatic heterocycles. The third-order valence-corrected chi connectivity index (χ3v) is 2.27. The van der Waals surface area contributed by atoms with Crippen LogP contribution in [-0.4, -0.2) is 0 Å². The molecule has 0 aromatic rings. The molecule has 0 spiro atoms. The second kappa shape index (κ2) is 13.2. The molecule has 0 rings (SSSR count). The Kier molecular flexibility index (Phi) is 12.5. The minimum Gasteiger partial charge on any atom is -0.0885 e. The van der Waals surface area contributed by atoms with E-state index in [1.165, 1.54) is 44.9 Å². The Morgan fingerprint density at radius 1 is 0.800 bits per heavy atom. The molecule has 0 nitrogen and oxygen atoms in total. The minimum atomic E-state index is 1.17. The highest BCUT2D eigenvalue weighted by molar-refractivity contribution is 5.03. The highest BCUT2D eigenvalue weighted by Gasteiger charge is 1.82. The van der Waals surface area contributed by atoms with Crippen LogP contribution in [0.1, 0.15) is 51.9 Å². The molecule has 0 amide bonds. The van der Waals surface area contributed by atoms with Crippen molar-refractivity contribution in [2.24, 2.45) is 0 Å². The third kappa shape index (κ3) is 13.2. The molecular weight excluding hydrogens is 180 g/mol. The van der Waals surface area contributed by atoms with Gasteiger partial charge < -0.3 is 0 Å². The molecule has 0 aliphatic rings. The van der Waals surface area contributed by atoms with Gasteiger partial charge in [0, 0.05) is 0 Å². The van der Waals surface area contributed by atoms with Gasteiger partial charge in [-0.15, -0.1) is 0 Å². The Morgan fingerprint density at radius 3 is 2.13 bits per heavy atom. The summed E-state index contributed by atoms with van der Waals surface area (Å²) in [6, 6.07) is 0. The number of hydrogen-bond donors (Lipinski definition) is 0. The van der Waals surface area contributed by atoms with Crippen molar-refractivity contribution < 1.29 is 0 Å².